The zero-order valence-electron chi connectivity index (χ0n) is 28.5. The van der Waals surface area contributed by atoms with Gasteiger partial charge in [0.1, 0.15) is 0 Å². The molecule has 4 atom stereocenters. The maximum Gasteiger partial charge on any atom is 0.170 e. The predicted molar refractivity (Wildman–Crippen MR) is 237 cm³/mol. The normalized spacial score (nSPS) is 14.9. The lowest BCUT2D eigenvalue weighted by atomic mass is 9.71. The quantitative estimate of drug-likeness (QED) is 0.0884. The second kappa shape index (κ2) is 17.0. The van der Waals surface area contributed by atoms with Gasteiger partial charge in [0.2, 0.25) is 0 Å². The Bertz CT molecular complexity index is 2250. The van der Waals surface area contributed by atoms with Crippen LogP contribution in [0.4, 0.5) is 0 Å². The summed E-state index contributed by atoms with van der Waals surface area (Å²) in [6.07, 6.45) is 0. The van der Waals surface area contributed by atoms with Gasteiger partial charge in [0.05, 0.1) is 43.7 Å². The van der Waals surface area contributed by atoms with Gasteiger partial charge in [-0.1, -0.05) is 63.7 Å². The molecule has 288 valence electrons. The van der Waals surface area contributed by atoms with Crippen LogP contribution < -0.4 is 0 Å². The number of rotatable bonds is 12. The number of benzene rings is 4. The minimum atomic E-state index is -1.54. The van der Waals surface area contributed by atoms with E-state index < -0.39 is 26.4 Å². The van der Waals surface area contributed by atoms with Crippen molar-refractivity contribution in [1.82, 2.24) is 80.8 Å². The summed E-state index contributed by atoms with van der Waals surface area (Å²) in [4.78, 5) is 0. The van der Waals surface area contributed by atoms with Crippen molar-refractivity contribution in [1.29, 1.82) is 0 Å². The fraction of sp³-hybridized carbons (Fsp3) is 0.152. The standard InChI is InChI=1S/C33H24Br4N16S4/c34-17-1-9-21(10-2-17)50-29(38-42-46-50)25(54)33(26(55)30-39-43-47-51(30)22-11-3-18(35)4-12-22,27(56)31-40-44-48-52(31)23-13-5-19(36)6-14-23)28(57)32-41-45-49-53(32)24-15-7-20(37)8-16-24/h1-16,25-28,54-57H. The molecule has 8 aromatic rings. The van der Waals surface area contributed by atoms with Crippen LogP contribution in [-0.2, 0) is 0 Å². The molecule has 24 heteroatoms. The summed E-state index contributed by atoms with van der Waals surface area (Å²) in [6, 6.07) is 30.1. The van der Waals surface area contributed by atoms with E-state index in [1.165, 1.54) is 0 Å². The number of thiol groups is 4. The average Bonchev–Trinajstić information content (AvgIpc) is 4.06. The maximum atomic E-state index is 5.45. The fourth-order valence-electron chi connectivity index (χ4n) is 6.31. The number of aromatic nitrogens is 16. The Morgan fingerprint density at radius 1 is 0.351 bits per heavy atom. The van der Waals surface area contributed by atoms with Crippen LogP contribution in [0.5, 0.6) is 0 Å². The summed E-state index contributed by atoms with van der Waals surface area (Å²) in [6.45, 7) is 0. The van der Waals surface area contributed by atoms with Gasteiger partial charge in [-0.15, -0.1) is 20.4 Å². The van der Waals surface area contributed by atoms with E-state index in [2.05, 4.69) is 126 Å². The third-order valence-electron chi connectivity index (χ3n) is 9.13. The highest BCUT2D eigenvalue weighted by atomic mass is 79.9. The Balaban J connectivity index is 1.42. The van der Waals surface area contributed by atoms with Crippen molar-refractivity contribution in [2.45, 2.75) is 21.0 Å². The summed E-state index contributed by atoms with van der Waals surface area (Å²) < 4.78 is 9.86. The Morgan fingerprint density at radius 3 is 0.737 bits per heavy atom. The Hall–Kier alpha value is -3.52. The van der Waals surface area contributed by atoms with Crippen LogP contribution >= 0.6 is 114 Å². The molecule has 0 saturated heterocycles. The lowest BCUT2D eigenvalue weighted by Gasteiger charge is -2.47. The second-order valence-corrected chi connectivity index (χ2v) is 18.0. The minimum Gasteiger partial charge on any atom is -0.196 e. The first-order chi connectivity index (χ1) is 27.6. The first-order valence-electron chi connectivity index (χ1n) is 16.5. The van der Waals surface area contributed by atoms with E-state index in [1.807, 2.05) is 97.1 Å². The Labute approximate surface area is 379 Å². The lowest BCUT2D eigenvalue weighted by molar-refractivity contribution is 0.226. The van der Waals surface area contributed by atoms with E-state index in [-0.39, 0.29) is 0 Å². The molecule has 57 heavy (non-hydrogen) atoms. The number of hydrogen-bond donors (Lipinski definition) is 4. The Morgan fingerprint density at radius 2 is 0.544 bits per heavy atom. The summed E-state index contributed by atoms with van der Waals surface area (Å²) in [5.74, 6) is 1.24. The van der Waals surface area contributed by atoms with Gasteiger partial charge in [-0.2, -0.15) is 69.2 Å². The van der Waals surface area contributed by atoms with E-state index >= 15 is 0 Å². The van der Waals surface area contributed by atoms with Crippen LogP contribution in [0.15, 0.2) is 115 Å². The van der Waals surface area contributed by atoms with E-state index in [4.69, 9.17) is 50.5 Å². The highest BCUT2D eigenvalue weighted by Crippen LogP contribution is 2.66. The first kappa shape index (κ1) is 40.3. The molecular weight excluding hydrogens is 1070 g/mol. The van der Waals surface area contributed by atoms with Crippen LogP contribution in [0.3, 0.4) is 0 Å². The van der Waals surface area contributed by atoms with E-state index in [0.717, 1.165) is 17.9 Å². The Kier molecular flexibility index (Phi) is 12.0. The van der Waals surface area contributed by atoms with Gasteiger partial charge >= 0.3 is 0 Å². The summed E-state index contributed by atoms with van der Waals surface area (Å²) in [5.41, 5.74) is 1.10. The van der Waals surface area contributed by atoms with Crippen molar-refractivity contribution in [3.05, 3.63) is 138 Å². The van der Waals surface area contributed by atoms with Crippen LogP contribution in [0.25, 0.3) is 22.7 Å². The first-order valence-corrected chi connectivity index (χ1v) is 21.7. The molecule has 0 spiro atoms. The monoisotopic (exact) mass is 1090 g/mol. The second-order valence-electron chi connectivity index (χ2n) is 12.3. The van der Waals surface area contributed by atoms with Crippen LogP contribution in [0, 0.1) is 5.41 Å². The van der Waals surface area contributed by atoms with Crippen molar-refractivity contribution < 1.29 is 0 Å². The van der Waals surface area contributed by atoms with Crippen molar-refractivity contribution in [3.8, 4) is 22.7 Å². The van der Waals surface area contributed by atoms with Gasteiger partial charge < -0.3 is 0 Å². The summed E-state index contributed by atoms with van der Waals surface area (Å²) in [5, 5.41) is 48.3. The SMILES string of the molecule is SC(c1nnnn1-c1ccc(Br)cc1)C(C(S)c1nnnn1-c1ccc(Br)cc1)(C(S)c1nnnn1-c1ccc(Br)cc1)C(S)c1nnnn1-c1ccc(Br)cc1. The van der Waals surface area contributed by atoms with Gasteiger partial charge in [-0.25, -0.2) is 0 Å². The van der Waals surface area contributed by atoms with Crippen molar-refractivity contribution >= 4 is 114 Å². The van der Waals surface area contributed by atoms with Crippen LogP contribution in [-0.4, -0.2) is 80.8 Å². The molecule has 0 saturated carbocycles. The zero-order valence-corrected chi connectivity index (χ0v) is 38.4. The van der Waals surface area contributed by atoms with E-state index in [1.54, 1.807) is 18.7 Å². The molecule has 0 amide bonds. The highest BCUT2D eigenvalue weighted by molar-refractivity contribution is 9.11. The molecule has 0 aliphatic rings. The lowest BCUT2D eigenvalue weighted by Crippen LogP contribution is -2.43. The maximum absolute atomic E-state index is 5.45. The molecule has 0 N–H and O–H groups in total. The van der Waals surface area contributed by atoms with Gasteiger partial charge in [0, 0.05) is 23.3 Å². The highest BCUT2D eigenvalue weighted by Gasteiger charge is 2.60. The number of tetrazole rings is 4. The predicted octanol–water partition coefficient (Wildman–Crippen LogP) is 7.61. The average molecular weight is 1090 g/mol. The minimum absolute atomic E-state index is 0.311. The molecule has 4 aromatic carbocycles. The van der Waals surface area contributed by atoms with Crippen molar-refractivity contribution in [2.24, 2.45) is 5.41 Å². The third-order valence-corrected chi connectivity index (χ3v) is 14.0. The van der Waals surface area contributed by atoms with E-state index in [0.29, 0.717) is 46.0 Å². The fourth-order valence-corrected chi connectivity index (χ4v) is 10.5. The van der Waals surface area contributed by atoms with Gasteiger partial charge in [0.25, 0.3) is 0 Å². The molecule has 0 aliphatic heterocycles. The molecule has 4 heterocycles. The summed E-state index contributed by atoms with van der Waals surface area (Å²) in [7, 11) is 0. The zero-order chi connectivity index (χ0) is 39.8. The number of nitrogens with zero attached hydrogens (tertiary/aromatic N) is 16. The molecule has 4 aromatic heterocycles. The molecule has 0 fully saturated rings. The smallest absolute Gasteiger partial charge is 0.170 e. The largest absolute Gasteiger partial charge is 0.196 e. The molecule has 0 aliphatic carbocycles. The topological polar surface area (TPSA) is 174 Å². The molecular formula is C33H24Br4N16S4. The van der Waals surface area contributed by atoms with Gasteiger partial charge in [0.15, 0.2) is 23.3 Å². The molecule has 16 nitrogen and oxygen atoms in total. The molecule has 0 radical (unpaired) electrons. The summed E-state index contributed by atoms with van der Waals surface area (Å²) >= 11 is 35.9. The van der Waals surface area contributed by atoms with Crippen LogP contribution in [0.1, 0.15) is 44.3 Å². The van der Waals surface area contributed by atoms with Crippen molar-refractivity contribution in [2.75, 3.05) is 0 Å². The number of halogens is 4. The third kappa shape index (κ3) is 7.62. The number of hydrogen-bond acceptors (Lipinski definition) is 16. The van der Waals surface area contributed by atoms with Crippen LogP contribution in [0.2, 0.25) is 0 Å². The van der Waals surface area contributed by atoms with Crippen molar-refractivity contribution in [3.63, 3.8) is 0 Å². The molecule has 8 rings (SSSR count). The van der Waals surface area contributed by atoms with Gasteiger partial charge in [-0.05, 0) is 139 Å². The molecule has 0 bridgehead atoms. The van der Waals surface area contributed by atoms with Gasteiger partial charge in [-0.3, -0.25) is 0 Å². The molecule has 4 unspecified atom stereocenters. The van der Waals surface area contributed by atoms with E-state index in [9.17, 15) is 0 Å².